The van der Waals surface area contributed by atoms with Crippen LogP contribution in [0.4, 0.5) is 16.2 Å². The molecule has 11 heteroatoms. The second-order valence-corrected chi connectivity index (χ2v) is 11.1. The molecule has 4 aromatic rings. The lowest BCUT2D eigenvalue weighted by atomic mass is 10.0. The SMILES string of the molecule is CC(=O)N(C)CCNC(=O)[C@H](Cc1ccc(C(=O)Nc2cc(-c3cccs3)ccc2N)cc1)NC(=O)OCc1ccccc1. The number of nitrogen functional groups attached to an aromatic ring is 1. The van der Waals surface area contributed by atoms with E-state index < -0.39 is 18.0 Å². The van der Waals surface area contributed by atoms with Crippen molar-refractivity contribution in [2.24, 2.45) is 0 Å². The van der Waals surface area contributed by atoms with E-state index in [4.69, 9.17) is 10.5 Å². The Bertz CT molecular complexity index is 1580. The molecule has 0 saturated heterocycles. The Hall–Kier alpha value is -5.16. The van der Waals surface area contributed by atoms with Gasteiger partial charge in [-0.2, -0.15) is 0 Å². The first-order valence-electron chi connectivity index (χ1n) is 14.0. The molecule has 0 aliphatic carbocycles. The molecule has 0 aliphatic rings. The van der Waals surface area contributed by atoms with Crippen LogP contribution in [0.1, 0.15) is 28.4 Å². The van der Waals surface area contributed by atoms with Crippen LogP contribution in [0.15, 0.2) is 90.3 Å². The largest absolute Gasteiger partial charge is 0.445 e. The Morgan fingerprint density at radius 2 is 1.68 bits per heavy atom. The van der Waals surface area contributed by atoms with Gasteiger partial charge in [0.1, 0.15) is 12.6 Å². The molecule has 228 valence electrons. The fourth-order valence-corrected chi connectivity index (χ4v) is 4.95. The third kappa shape index (κ3) is 9.17. The number of ether oxygens (including phenoxy) is 1. The molecule has 5 N–H and O–H groups in total. The molecule has 0 bridgehead atoms. The molecule has 0 saturated carbocycles. The van der Waals surface area contributed by atoms with Gasteiger partial charge in [-0.15, -0.1) is 11.3 Å². The predicted octanol–water partition coefficient (Wildman–Crippen LogP) is 4.68. The van der Waals surface area contributed by atoms with Crippen molar-refractivity contribution in [3.05, 3.63) is 107 Å². The summed E-state index contributed by atoms with van der Waals surface area (Å²) < 4.78 is 5.32. The number of nitrogens with zero attached hydrogens (tertiary/aromatic N) is 1. The smallest absolute Gasteiger partial charge is 0.408 e. The van der Waals surface area contributed by atoms with Gasteiger partial charge < -0.3 is 31.3 Å². The van der Waals surface area contributed by atoms with E-state index in [0.29, 0.717) is 29.0 Å². The third-order valence-corrected chi connectivity index (χ3v) is 7.79. The number of carbonyl (C=O) groups is 4. The number of nitrogens with two attached hydrogens (primary N) is 1. The summed E-state index contributed by atoms with van der Waals surface area (Å²) in [5.74, 6) is -0.889. The van der Waals surface area contributed by atoms with E-state index in [1.54, 1.807) is 48.7 Å². The highest BCUT2D eigenvalue weighted by atomic mass is 32.1. The molecule has 44 heavy (non-hydrogen) atoms. The Kier molecular flexibility index (Phi) is 11.1. The van der Waals surface area contributed by atoms with E-state index in [0.717, 1.165) is 16.0 Å². The van der Waals surface area contributed by atoms with Crippen LogP contribution in [0.5, 0.6) is 0 Å². The number of hydrogen-bond donors (Lipinski definition) is 4. The minimum absolute atomic E-state index is 0.0506. The second kappa shape index (κ2) is 15.4. The van der Waals surface area contributed by atoms with Crippen molar-refractivity contribution in [3.8, 4) is 10.4 Å². The number of amides is 4. The monoisotopic (exact) mass is 613 g/mol. The van der Waals surface area contributed by atoms with Crippen molar-refractivity contribution in [1.29, 1.82) is 0 Å². The van der Waals surface area contributed by atoms with Gasteiger partial charge in [-0.3, -0.25) is 14.4 Å². The van der Waals surface area contributed by atoms with Gasteiger partial charge in [0.2, 0.25) is 11.8 Å². The average molecular weight is 614 g/mol. The summed E-state index contributed by atoms with van der Waals surface area (Å²) in [6.45, 7) is 2.02. The molecule has 0 spiro atoms. The first-order chi connectivity index (χ1) is 21.2. The summed E-state index contributed by atoms with van der Waals surface area (Å²) in [6, 6.07) is 24.4. The fraction of sp³-hybridized carbons (Fsp3) is 0.212. The number of hydrogen-bond acceptors (Lipinski definition) is 7. The Morgan fingerprint density at radius 3 is 2.36 bits per heavy atom. The van der Waals surface area contributed by atoms with Crippen molar-refractivity contribution in [3.63, 3.8) is 0 Å². The highest BCUT2D eigenvalue weighted by Gasteiger charge is 2.22. The topological polar surface area (TPSA) is 143 Å². The van der Waals surface area contributed by atoms with Crippen LogP contribution in [0.25, 0.3) is 10.4 Å². The van der Waals surface area contributed by atoms with Gasteiger partial charge in [-0.1, -0.05) is 54.6 Å². The van der Waals surface area contributed by atoms with E-state index in [-0.39, 0.29) is 31.4 Å². The van der Waals surface area contributed by atoms with Crippen LogP contribution in [0.2, 0.25) is 0 Å². The molecule has 0 radical (unpaired) electrons. The molecule has 4 amide bonds. The third-order valence-electron chi connectivity index (χ3n) is 6.87. The molecule has 3 aromatic carbocycles. The van der Waals surface area contributed by atoms with E-state index in [2.05, 4.69) is 16.0 Å². The highest BCUT2D eigenvalue weighted by Crippen LogP contribution is 2.30. The minimum atomic E-state index is -0.958. The maximum Gasteiger partial charge on any atom is 0.408 e. The quantitative estimate of drug-likeness (QED) is 0.171. The number of carbonyl (C=O) groups excluding carboxylic acids is 4. The first kappa shape index (κ1) is 31.8. The zero-order chi connectivity index (χ0) is 31.5. The van der Waals surface area contributed by atoms with E-state index in [1.807, 2.05) is 60.0 Å². The summed E-state index contributed by atoms with van der Waals surface area (Å²) in [6.07, 6.45) is -0.597. The number of alkyl carbamates (subject to hydrolysis) is 1. The Balaban J connectivity index is 1.40. The van der Waals surface area contributed by atoms with Gasteiger partial charge in [0, 0.05) is 43.9 Å². The van der Waals surface area contributed by atoms with E-state index in [9.17, 15) is 19.2 Å². The van der Waals surface area contributed by atoms with Gasteiger partial charge >= 0.3 is 6.09 Å². The van der Waals surface area contributed by atoms with Crippen molar-refractivity contribution in [2.75, 3.05) is 31.2 Å². The Morgan fingerprint density at radius 1 is 0.932 bits per heavy atom. The lowest BCUT2D eigenvalue weighted by Gasteiger charge is -2.20. The molecular formula is C33H35N5O5S. The van der Waals surface area contributed by atoms with Crippen LogP contribution in [-0.4, -0.2) is 54.9 Å². The highest BCUT2D eigenvalue weighted by molar-refractivity contribution is 7.13. The van der Waals surface area contributed by atoms with Crippen LogP contribution in [-0.2, 0) is 27.4 Å². The summed E-state index contributed by atoms with van der Waals surface area (Å²) >= 11 is 1.59. The lowest BCUT2D eigenvalue weighted by molar-refractivity contribution is -0.128. The molecule has 1 atom stereocenters. The summed E-state index contributed by atoms with van der Waals surface area (Å²) in [5.41, 5.74) is 9.96. The van der Waals surface area contributed by atoms with Gasteiger partial charge in [0.05, 0.1) is 11.4 Å². The fourth-order valence-electron chi connectivity index (χ4n) is 4.23. The van der Waals surface area contributed by atoms with E-state index in [1.165, 1.54) is 11.8 Å². The van der Waals surface area contributed by atoms with Crippen LogP contribution >= 0.6 is 11.3 Å². The zero-order valence-electron chi connectivity index (χ0n) is 24.5. The number of nitrogens with one attached hydrogen (secondary N) is 3. The van der Waals surface area contributed by atoms with Crippen molar-refractivity contribution in [2.45, 2.75) is 26.0 Å². The molecule has 1 aromatic heterocycles. The van der Waals surface area contributed by atoms with Crippen LogP contribution < -0.4 is 21.7 Å². The predicted molar refractivity (Wildman–Crippen MR) is 172 cm³/mol. The number of thiophene rings is 1. The number of anilines is 2. The maximum absolute atomic E-state index is 13.1. The van der Waals surface area contributed by atoms with Crippen molar-refractivity contribution in [1.82, 2.24) is 15.5 Å². The van der Waals surface area contributed by atoms with Gasteiger partial charge in [0.15, 0.2) is 0 Å². The first-order valence-corrected chi connectivity index (χ1v) is 14.9. The van der Waals surface area contributed by atoms with Crippen LogP contribution in [0.3, 0.4) is 0 Å². The van der Waals surface area contributed by atoms with Crippen molar-refractivity contribution < 1.29 is 23.9 Å². The zero-order valence-corrected chi connectivity index (χ0v) is 25.4. The Labute approximate surface area is 260 Å². The normalized spacial score (nSPS) is 11.2. The second-order valence-electron chi connectivity index (χ2n) is 10.1. The molecule has 1 heterocycles. The lowest BCUT2D eigenvalue weighted by Crippen LogP contribution is -2.49. The van der Waals surface area contributed by atoms with Gasteiger partial charge in [0.25, 0.3) is 5.91 Å². The maximum atomic E-state index is 13.1. The standard InChI is InChI=1S/C33H35N5O5S/c1-22(39)38(2)17-16-35-32(41)29(37-33(42)43-21-24-7-4-3-5-8-24)19-23-10-12-25(13-11-23)31(40)36-28-20-26(14-15-27(28)34)30-9-6-18-44-30/h3-15,18,20,29H,16-17,19,21,34H2,1-2H3,(H,35,41)(H,36,40)(H,37,42)/t29-/m0/s1. The van der Waals surface area contributed by atoms with E-state index >= 15 is 0 Å². The molecule has 0 unspecified atom stereocenters. The minimum Gasteiger partial charge on any atom is -0.445 e. The molecule has 4 rings (SSSR count). The molecule has 0 fully saturated rings. The van der Waals surface area contributed by atoms with Gasteiger partial charge in [-0.05, 0) is 52.4 Å². The summed E-state index contributed by atoms with van der Waals surface area (Å²) in [5, 5.41) is 10.3. The molecule has 10 nitrogen and oxygen atoms in total. The summed E-state index contributed by atoms with van der Waals surface area (Å²) in [7, 11) is 1.64. The molecular weight excluding hydrogens is 578 g/mol. The number of benzene rings is 3. The average Bonchev–Trinajstić information content (AvgIpc) is 3.57. The number of likely N-dealkylation sites (N-methyl/N-ethyl adjacent to an activating group) is 1. The van der Waals surface area contributed by atoms with Crippen molar-refractivity contribution >= 4 is 46.5 Å². The summed E-state index contributed by atoms with van der Waals surface area (Å²) in [4.78, 5) is 52.7. The number of rotatable bonds is 12. The van der Waals surface area contributed by atoms with Crippen LogP contribution in [0, 0.1) is 0 Å². The molecule has 0 aliphatic heterocycles. The van der Waals surface area contributed by atoms with Gasteiger partial charge in [-0.25, -0.2) is 4.79 Å².